The van der Waals surface area contributed by atoms with Crippen LogP contribution < -0.4 is 0 Å². The van der Waals surface area contributed by atoms with Crippen molar-refractivity contribution in [3.63, 3.8) is 0 Å². The Morgan fingerprint density at radius 2 is 2.05 bits per heavy atom. The van der Waals surface area contributed by atoms with Crippen molar-refractivity contribution in [1.29, 1.82) is 5.26 Å². The molecule has 22 heavy (non-hydrogen) atoms. The Kier molecular flexibility index (Phi) is 4.30. The molecule has 0 unspecified atom stereocenters. The highest BCUT2D eigenvalue weighted by molar-refractivity contribution is 9.10. The summed E-state index contributed by atoms with van der Waals surface area (Å²) in [5, 5.41) is 11.7. The van der Waals surface area contributed by atoms with Crippen LogP contribution >= 0.6 is 15.9 Å². The smallest absolute Gasteiger partial charge is 0.255 e. The molecule has 0 amide bonds. The average Bonchev–Trinajstić information content (AvgIpc) is 2.73. The fraction of sp³-hybridized carbons (Fsp3) is 0.167. The summed E-state index contributed by atoms with van der Waals surface area (Å²) >= 11 is 2.89. The summed E-state index contributed by atoms with van der Waals surface area (Å²) in [6.07, 6.45) is 0. The summed E-state index contributed by atoms with van der Waals surface area (Å²) in [7, 11) is -3.75. The van der Waals surface area contributed by atoms with Crippen molar-refractivity contribution in [3.8, 4) is 17.3 Å². The number of rotatable bonds is 3. The monoisotopic (exact) mass is 393 g/mol. The van der Waals surface area contributed by atoms with Crippen LogP contribution in [0.15, 0.2) is 27.7 Å². The van der Waals surface area contributed by atoms with Crippen LogP contribution in [0.3, 0.4) is 0 Å². The Hall–Kier alpha value is -1.86. The zero-order valence-corrected chi connectivity index (χ0v) is 13.3. The molecule has 0 saturated heterocycles. The Morgan fingerprint density at radius 1 is 1.41 bits per heavy atom. The van der Waals surface area contributed by atoms with Gasteiger partial charge in [0, 0.05) is 12.6 Å². The number of nitriles is 1. The fourth-order valence-electron chi connectivity index (χ4n) is 1.82. The zero-order valence-electron chi connectivity index (χ0n) is 10.9. The second kappa shape index (κ2) is 5.73. The van der Waals surface area contributed by atoms with Crippen molar-refractivity contribution in [3.05, 3.63) is 34.1 Å². The van der Waals surface area contributed by atoms with Gasteiger partial charge in [0.2, 0.25) is 0 Å². The van der Waals surface area contributed by atoms with Gasteiger partial charge in [-0.15, -0.1) is 0 Å². The van der Waals surface area contributed by atoms with Crippen molar-refractivity contribution in [2.24, 2.45) is 7.05 Å². The van der Waals surface area contributed by atoms with E-state index in [1.54, 1.807) is 6.07 Å². The van der Waals surface area contributed by atoms with Gasteiger partial charge in [-0.25, -0.2) is 12.8 Å². The molecule has 0 bridgehead atoms. The molecule has 0 radical (unpaired) electrons. The lowest BCUT2D eigenvalue weighted by Gasteiger charge is -2.03. The molecule has 0 saturated carbocycles. The van der Waals surface area contributed by atoms with Gasteiger partial charge >= 0.3 is 5.76 Å². The molecule has 5 nitrogen and oxygen atoms in total. The first-order chi connectivity index (χ1) is 10.2. The molecular weight excluding hydrogens is 387 g/mol. The minimum atomic E-state index is -4.91. The fourth-order valence-corrected chi connectivity index (χ4v) is 3.98. The molecule has 2 aromatic rings. The predicted octanol–water partition coefficient (Wildman–Crippen LogP) is 2.86. The molecule has 116 valence electrons. The number of nitrogens with zero attached hydrogens (tertiary/aromatic N) is 3. The first-order valence-corrected chi connectivity index (χ1v) is 7.98. The van der Waals surface area contributed by atoms with E-state index < -0.39 is 26.4 Å². The van der Waals surface area contributed by atoms with Crippen molar-refractivity contribution in [1.82, 2.24) is 9.78 Å². The Bertz CT molecular complexity index is 888. The average molecular weight is 394 g/mol. The summed E-state index contributed by atoms with van der Waals surface area (Å²) in [6, 6.07) is 5.22. The van der Waals surface area contributed by atoms with E-state index in [0.717, 1.165) is 17.8 Å². The molecule has 0 aliphatic carbocycles. The number of halogens is 4. The SMILES string of the molecule is Cn1nc(-c2ccc(C#N)cc2F)c(Br)c1S(=O)(=O)C(F)F. The standard InChI is InChI=1S/C12H7BrF3N3O2S/c1-19-11(22(20,21)12(15)16)9(13)10(18-19)7-3-2-6(5-17)4-8(7)14/h2-4,12H,1H3. The predicted molar refractivity (Wildman–Crippen MR) is 74.2 cm³/mol. The minimum Gasteiger partial charge on any atom is -0.255 e. The highest BCUT2D eigenvalue weighted by Gasteiger charge is 2.34. The molecule has 0 fully saturated rings. The normalized spacial score (nSPS) is 11.7. The van der Waals surface area contributed by atoms with Crippen molar-refractivity contribution in [2.75, 3.05) is 0 Å². The van der Waals surface area contributed by atoms with Gasteiger partial charge in [0.15, 0.2) is 5.03 Å². The van der Waals surface area contributed by atoms with E-state index in [1.807, 2.05) is 0 Å². The summed E-state index contributed by atoms with van der Waals surface area (Å²) in [4.78, 5) is 0. The largest absolute Gasteiger partial charge is 0.342 e. The lowest BCUT2D eigenvalue weighted by molar-refractivity contribution is 0.233. The maximum atomic E-state index is 14.0. The summed E-state index contributed by atoms with van der Waals surface area (Å²) < 4.78 is 63.1. The molecule has 0 N–H and O–H groups in total. The van der Waals surface area contributed by atoms with Crippen molar-refractivity contribution >= 4 is 25.8 Å². The van der Waals surface area contributed by atoms with Gasteiger partial charge in [0.05, 0.1) is 16.1 Å². The Labute approximate surface area is 132 Å². The van der Waals surface area contributed by atoms with Crippen LogP contribution in [0.4, 0.5) is 13.2 Å². The molecule has 0 spiro atoms. The van der Waals surface area contributed by atoms with E-state index in [-0.39, 0.29) is 21.3 Å². The molecule has 0 aliphatic heterocycles. The second-order valence-electron chi connectivity index (χ2n) is 4.20. The zero-order chi connectivity index (χ0) is 16.7. The van der Waals surface area contributed by atoms with E-state index in [4.69, 9.17) is 5.26 Å². The van der Waals surface area contributed by atoms with E-state index >= 15 is 0 Å². The topological polar surface area (TPSA) is 75.8 Å². The molecule has 0 aliphatic rings. The van der Waals surface area contributed by atoms with E-state index in [2.05, 4.69) is 21.0 Å². The minimum absolute atomic E-state index is 0.0636. The van der Waals surface area contributed by atoms with Crippen LogP contribution in [0.1, 0.15) is 5.56 Å². The van der Waals surface area contributed by atoms with Gasteiger partial charge in [0.1, 0.15) is 11.5 Å². The number of benzene rings is 1. The third-order valence-corrected chi connectivity index (χ3v) is 5.29. The third kappa shape index (κ3) is 2.62. The lowest BCUT2D eigenvalue weighted by Crippen LogP contribution is -2.15. The first kappa shape index (κ1) is 16.5. The highest BCUT2D eigenvalue weighted by Crippen LogP contribution is 2.36. The molecule has 0 atom stereocenters. The molecule has 2 rings (SSSR count). The van der Waals surface area contributed by atoms with Crippen LogP contribution in [-0.4, -0.2) is 24.0 Å². The van der Waals surface area contributed by atoms with Crippen molar-refractivity contribution in [2.45, 2.75) is 10.8 Å². The maximum absolute atomic E-state index is 14.0. The third-order valence-electron chi connectivity index (χ3n) is 2.80. The van der Waals surface area contributed by atoms with Gasteiger partial charge in [-0.3, -0.25) is 4.68 Å². The van der Waals surface area contributed by atoms with Crippen LogP contribution in [-0.2, 0) is 16.9 Å². The summed E-state index contributed by atoms with van der Waals surface area (Å²) in [5.41, 5.74) is -0.199. The number of sulfone groups is 1. The number of hydrogen-bond acceptors (Lipinski definition) is 4. The molecule has 10 heteroatoms. The van der Waals surface area contributed by atoms with Crippen LogP contribution in [0.25, 0.3) is 11.3 Å². The van der Waals surface area contributed by atoms with E-state index in [0.29, 0.717) is 0 Å². The van der Waals surface area contributed by atoms with Crippen molar-refractivity contribution < 1.29 is 21.6 Å². The van der Waals surface area contributed by atoms with Gasteiger partial charge in [-0.05, 0) is 34.1 Å². The van der Waals surface area contributed by atoms with E-state index in [9.17, 15) is 21.6 Å². The van der Waals surface area contributed by atoms with E-state index in [1.165, 1.54) is 12.1 Å². The molecule has 1 aromatic carbocycles. The van der Waals surface area contributed by atoms with Gasteiger partial charge in [-0.1, -0.05) is 0 Å². The summed E-state index contributed by atoms with van der Waals surface area (Å²) in [5.74, 6) is -4.45. The molecule has 1 aromatic heterocycles. The van der Waals surface area contributed by atoms with Crippen LogP contribution in [0.2, 0.25) is 0 Å². The number of aromatic nitrogens is 2. The molecular formula is C12H7BrF3N3O2S. The number of aryl methyl sites for hydroxylation is 1. The Balaban J connectivity index is 2.69. The molecule has 1 heterocycles. The Morgan fingerprint density at radius 3 is 2.55 bits per heavy atom. The second-order valence-corrected chi connectivity index (χ2v) is 6.83. The van der Waals surface area contributed by atoms with Gasteiger partial charge in [-0.2, -0.15) is 19.1 Å². The quantitative estimate of drug-likeness (QED) is 0.803. The first-order valence-electron chi connectivity index (χ1n) is 5.64. The maximum Gasteiger partial charge on any atom is 0.342 e. The van der Waals surface area contributed by atoms with Crippen LogP contribution in [0.5, 0.6) is 0 Å². The lowest BCUT2D eigenvalue weighted by atomic mass is 10.1. The van der Waals surface area contributed by atoms with Crippen LogP contribution in [0, 0.1) is 17.1 Å². The number of hydrogen-bond donors (Lipinski definition) is 0. The number of alkyl halides is 2. The highest BCUT2D eigenvalue weighted by atomic mass is 79.9. The van der Waals surface area contributed by atoms with Gasteiger partial charge < -0.3 is 0 Å². The summed E-state index contributed by atoms with van der Waals surface area (Å²) in [6.45, 7) is 0. The van der Waals surface area contributed by atoms with Gasteiger partial charge in [0.25, 0.3) is 9.84 Å².